The Bertz CT molecular complexity index is 770. The van der Waals surface area contributed by atoms with Crippen molar-refractivity contribution in [2.45, 2.75) is 33.9 Å². The number of piperazine rings is 1. The van der Waals surface area contributed by atoms with Gasteiger partial charge in [-0.05, 0) is 37.2 Å². The molecule has 1 aromatic carbocycles. The van der Waals surface area contributed by atoms with Crippen molar-refractivity contribution in [3.63, 3.8) is 0 Å². The SMILES string of the molecule is CCNC(=NCc1ccc(CN(CC)CC)cc1)N1CCN(c2ncccn2)CC1.I. The van der Waals surface area contributed by atoms with Crippen LogP contribution in [0.3, 0.4) is 0 Å². The molecule has 170 valence electrons. The Morgan fingerprint density at radius 2 is 1.58 bits per heavy atom. The molecule has 8 heteroatoms. The lowest BCUT2D eigenvalue weighted by molar-refractivity contribution is 0.296. The van der Waals surface area contributed by atoms with Gasteiger partial charge in [-0.15, -0.1) is 24.0 Å². The third kappa shape index (κ3) is 7.60. The van der Waals surface area contributed by atoms with Crippen LogP contribution in [0, 0.1) is 0 Å². The van der Waals surface area contributed by atoms with Gasteiger partial charge in [0.25, 0.3) is 0 Å². The number of anilines is 1. The minimum atomic E-state index is 0. The summed E-state index contributed by atoms with van der Waals surface area (Å²) in [5.74, 6) is 1.79. The molecule has 3 rings (SSSR count). The molecule has 1 aliphatic rings. The second-order valence-electron chi connectivity index (χ2n) is 7.47. The van der Waals surface area contributed by atoms with Crippen LogP contribution in [0.25, 0.3) is 0 Å². The highest BCUT2D eigenvalue weighted by molar-refractivity contribution is 14.0. The van der Waals surface area contributed by atoms with Crippen molar-refractivity contribution >= 4 is 35.9 Å². The van der Waals surface area contributed by atoms with Crippen molar-refractivity contribution in [2.75, 3.05) is 50.7 Å². The number of guanidine groups is 1. The summed E-state index contributed by atoms with van der Waals surface area (Å²) in [6.45, 7) is 14.9. The number of hydrogen-bond donors (Lipinski definition) is 1. The average Bonchev–Trinajstić information content (AvgIpc) is 2.81. The highest BCUT2D eigenvalue weighted by atomic mass is 127. The molecule has 7 nitrogen and oxygen atoms in total. The van der Waals surface area contributed by atoms with Crippen LogP contribution in [0.5, 0.6) is 0 Å². The van der Waals surface area contributed by atoms with E-state index in [-0.39, 0.29) is 24.0 Å². The van der Waals surface area contributed by atoms with Crippen LogP contribution in [-0.2, 0) is 13.1 Å². The second kappa shape index (κ2) is 13.5. The molecule has 2 aromatic rings. The van der Waals surface area contributed by atoms with Crippen LogP contribution in [-0.4, -0.2) is 71.5 Å². The molecule has 0 spiro atoms. The van der Waals surface area contributed by atoms with Gasteiger partial charge in [-0.2, -0.15) is 0 Å². The normalized spacial score (nSPS) is 14.5. The Morgan fingerprint density at radius 1 is 0.968 bits per heavy atom. The number of aromatic nitrogens is 2. The van der Waals surface area contributed by atoms with E-state index in [0.717, 1.165) is 64.3 Å². The highest BCUT2D eigenvalue weighted by Crippen LogP contribution is 2.12. The molecule has 1 fully saturated rings. The number of rotatable bonds is 8. The number of nitrogens with one attached hydrogen (secondary N) is 1. The Labute approximate surface area is 204 Å². The van der Waals surface area contributed by atoms with E-state index < -0.39 is 0 Å². The molecule has 0 unspecified atom stereocenters. The lowest BCUT2D eigenvalue weighted by Gasteiger charge is -2.36. The van der Waals surface area contributed by atoms with E-state index in [1.165, 1.54) is 11.1 Å². The first kappa shape index (κ1) is 25.3. The zero-order valence-electron chi connectivity index (χ0n) is 19.0. The number of nitrogens with zero attached hydrogens (tertiary/aromatic N) is 6. The van der Waals surface area contributed by atoms with E-state index in [4.69, 9.17) is 4.99 Å². The Balaban J connectivity index is 0.00000341. The quantitative estimate of drug-likeness (QED) is 0.317. The number of hydrogen-bond acceptors (Lipinski definition) is 5. The van der Waals surface area contributed by atoms with Crippen molar-refractivity contribution in [3.8, 4) is 0 Å². The Morgan fingerprint density at radius 3 is 2.16 bits per heavy atom. The Hall–Kier alpha value is -1.94. The zero-order valence-corrected chi connectivity index (χ0v) is 21.3. The molecule has 2 heterocycles. The largest absolute Gasteiger partial charge is 0.357 e. The number of benzene rings is 1. The van der Waals surface area contributed by atoms with E-state index in [2.05, 4.69) is 75.0 Å². The van der Waals surface area contributed by atoms with Gasteiger partial charge in [-0.3, -0.25) is 4.90 Å². The van der Waals surface area contributed by atoms with Crippen molar-refractivity contribution in [2.24, 2.45) is 4.99 Å². The van der Waals surface area contributed by atoms with Crippen LogP contribution in [0.1, 0.15) is 31.9 Å². The van der Waals surface area contributed by atoms with E-state index in [1.807, 2.05) is 6.07 Å². The highest BCUT2D eigenvalue weighted by Gasteiger charge is 2.21. The van der Waals surface area contributed by atoms with Gasteiger partial charge in [-0.25, -0.2) is 15.0 Å². The van der Waals surface area contributed by atoms with Crippen LogP contribution in [0.2, 0.25) is 0 Å². The third-order valence-electron chi connectivity index (χ3n) is 5.48. The fraction of sp³-hybridized carbons (Fsp3) is 0.522. The maximum Gasteiger partial charge on any atom is 0.225 e. The fourth-order valence-electron chi connectivity index (χ4n) is 3.62. The summed E-state index contributed by atoms with van der Waals surface area (Å²) in [5, 5.41) is 3.45. The molecule has 0 bridgehead atoms. The molecule has 0 amide bonds. The van der Waals surface area contributed by atoms with Crippen molar-refractivity contribution in [1.82, 2.24) is 25.1 Å². The summed E-state index contributed by atoms with van der Waals surface area (Å²) < 4.78 is 0. The summed E-state index contributed by atoms with van der Waals surface area (Å²) in [6.07, 6.45) is 3.60. The maximum absolute atomic E-state index is 4.90. The second-order valence-corrected chi connectivity index (χ2v) is 7.47. The molecule has 1 aliphatic heterocycles. The van der Waals surface area contributed by atoms with Crippen LogP contribution in [0.15, 0.2) is 47.7 Å². The zero-order chi connectivity index (χ0) is 21.2. The fourth-order valence-corrected chi connectivity index (χ4v) is 3.62. The summed E-state index contributed by atoms with van der Waals surface area (Å²) in [5.41, 5.74) is 2.60. The molecule has 1 N–H and O–H groups in total. The molecule has 0 aliphatic carbocycles. The maximum atomic E-state index is 4.90. The van der Waals surface area contributed by atoms with E-state index in [0.29, 0.717) is 6.54 Å². The summed E-state index contributed by atoms with van der Waals surface area (Å²) in [7, 11) is 0. The van der Waals surface area contributed by atoms with E-state index >= 15 is 0 Å². The first-order valence-electron chi connectivity index (χ1n) is 11.1. The molecule has 0 radical (unpaired) electrons. The van der Waals surface area contributed by atoms with E-state index in [9.17, 15) is 0 Å². The number of aliphatic imine (C=N–C) groups is 1. The smallest absolute Gasteiger partial charge is 0.225 e. The lowest BCUT2D eigenvalue weighted by Crippen LogP contribution is -2.52. The summed E-state index contributed by atoms with van der Waals surface area (Å²) in [6, 6.07) is 10.7. The van der Waals surface area contributed by atoms with Gasteiger partial charge in [0.1, 0.15) is 0 Å². The van der Waals surface area contributed by atoms with Gasteiger partial charge in [0.05, 0.1) is 6.54 Å². The topological polar surface area (TPSA) is 59.9 Å². The predicted molar refractivity (Wildman–Crippen MR) is 139 cm³/mol. The molecular weight excluding hydrogens is 501 g/mol. The standard InChI is InChI=1S/C23H35N7.HI/c1-4-24-22(29-14-16-30(17-15-29)23-25-12-7-13-26-23)27-18-20-8-10-21(11-9-20)19-28(5-2)6-3;/h7-13H,4-6,14-19H2,1-3H3,(H,24,27);1H. The van der Waals surface area contributed by atoms with Gasteiger partial charge in [-0.1, -0.05) is 38.1 Å². The third-order valence-corrected chi connectivity index (χ3v) is 5.48. The molecule has 0 saturated carbocycles. The van der Waals surface area contributed by atoms with Gasteiger partial charge in [0.2, 0.25) is 5.95 Å². The van der Waals surface area contributed by atoms with Gasteiger partial charge < -0.3 is 15.1 Å². The Kier molecular flexibility index (Phi) is 11.0. The van der Waals surface area contributed by atoms with Gasteiger partial charge in [0.15, 0.2) is 5.96 Å². The molecule has 1 aromatic heterocycles. The van der Waals surface area contributed by atoms with Crippen molar-refractivity contribution < 1.29 is 0 Å². The van der Waals surface area contributed by atoms with E-state index in [1.54, 1.807) is 12.4 Å². The molecular formula is C23H36IN7. The predicted octanol–water partition coefficient (Wildman–Crippen LogP) is 3.22. The van der Waals surface area contributed by atoms with Crippen LogP contribution >= 0.6 is 24.0 Å². The first-order valence-corrected chi connectivity index (χ1v) is 11.1. The average molecular weight is 537 g/mol. The summed E-state index contributed by atoms with van der Waals surface area (Å²) >= 11 is 0. The van der Waals surface area contributed by atoms with Gasteiger partial charge in [0, 0.05) is 51.7 Å². The minimum absolute atomic E-state index is 0. The monoisotopic (exact) mass is 537 g/mol. The summed E-state index contributed by atoms with van der Waals surface area (Å²) in [4.78, 5) is 20.6. The molecule has 1 saturated heterocycles. The molecule has 0 atom stereocenters. The van der Waals surface area contributed by atoms with Crippen molar-refractivity contribution in [3.05, 3.63) is 53.9 Å². The van der Waals surface area contributed by atoms with Crippen LogP contribution in [0.4, 0.5) is 5.95 Å². The number of halogens is 1. The van der Waals surface area contributed by atoms with Crippen LogP contribution < -0.4 is 10.2 Å². The first-order chi connectivity index (χ1) is 14.7. The van der Waals surface area contributed by atoms with Crippen molar-refractivity contribution in [1.29, 1.82) is 0 Å². The van der Waals surface area contributed by atoms with Gasteiger partial charge >= 0.3 is 0 Å². The lowest BCUT2D eigenvalue weighted by atomic mass is 10.1. The minimum Gasteiger partial charge on any atom is -0.357 e. The molecule has 31 heavy (non-hydrogen) atoms.